The van der Waals surface area contributed by atoms with Crippen molar-refractivity contribution in [2.75, 3.05) is 0 Å². The van der Waals surface area contributed by atoms with Crippen molar-refractivity contribution in [2.45, 2.75) is 6.04 Å². The van der Waals surface area contributed by atoms with Gasteiger partial charge in [0.1, 0.15) is 0 Å². The zero-order valence-corrected chi connectivity index (χ0v) is 12.7. The average Bonchev–Trinajstić information content (AvgIpc) is 2.52. The molecule has 0 heterocycles. The summed E-state index contributed by atoms with van der Waals surface area (Å²) in [6.45, 7) is 0. The van der Waals surface area contributed by atoms with Crippen molar-refractivity contribution < 1.29 is 0 Å². The van der Waals surface area contributed by atoms with Gasteiger partial charge >= 0.3 is 0 Å². The molecule has 21 heavy (non-hydrogen) atoms. The predicted molar refractivity (Wildman–Crippen MR) is 89.6 cm³/mol. The van der Waals surface area contributed by atoms with Crippen molar-refractivity contribution in [3.05, 3.63) is 81.8 Å². The van der Waals surface area contributed by atoms with E-state index in [0.29, 0.717) is 10.0 Å². The average molecular weight is 317 g/mol. The van der Waals surface area contributed by atoms with Gasteiger partial charge in [-0.3, -0.25) is 5.84 Å². The Labute approximate surface area is 133 Å². The van der Waals surface area contributed by atoms with Gasteiger partial charge in [0.05, 0.1) is 16.1 Å². The van der Waals surface area contributed by atoms with E-state index in [9.17, 15) is 0 Å². The van der Waals surface area contributed by atoms with Gasteiger partial charge in [-0.05, 0) is 34.0 Å². The van der Waals surface area contributed by atoms with E-state index >= 15 is 0 Å². The fraction of sp³-hybridized carbons (Fsp3) is 0.0588. The maximum Gasteiger partial charge on any atom is 0.0725 e. The number of hydrogen-bond acceptors (Lipinski definition) is 2. The highest BCUT2D eigenvalue weighted by Gasteiger charge is 2.17. The van der Waals surface area contributed by atoms with Gasteiger partial charge in [-0.2, -0.15) is 0 Å². The summed E-state index contributed by atoms with van der Waals surface area (Å²) in [5, 5.41) is 3.40. The summed E-state index contributed by atoms with van der Waals surface area (Å²) in [6.07, 6.45) is 0. The Morgan fingerprint density at radius 3 is 2.38 bits per heavy atom. The molecule has 3 aromatic rings. The molecule has 4 heteroatoms. The van der Waals surface area contributed by atoms with Crippen molar-refractivity contribution in [1.29, 1.82) is 0 Å². The normalized spacial score (nSPS) is 12.5. The third-order valence-corrected chi connectivity index (χ3v) is 4.40. The lowest BCUT2D eigenvalue weighted by atomic mass is 9.96. The molecule has 1 unspecified atom stereocenters. The third kappa shape index (κ3) is 2.76. The highest BCUT2D eigenvalue weighted by Crippen LogP contribution is 2.33. The minimum absolute atomic E-state index is 0.208. The summed E-state index contributed by atoms with van der Waals surface area (Å²) in [4.78, 5) is 0. The summed E-state index contributed by atoms with van der Waals surface area (Å²) < 4.78 is 0. The third-order valence-electron chi connectivity index (χ3n) is 3.57. The summed E-state index contributed by atoms with van der Waals surface area (Å²) in [5.74, 6) is 5.75. The zero-order valence-electron chi connectivity index (χ0n) is 11.2. The van der Waals surface area contributed by atoms with E-state index in [0.717, 1.165) is 16.5 Å². The van der Waals surface area contributed by atoms with Gasteiger partial charge in [0, 0.05) is 0 Å². The Balaban J connectivity index is 2.11. The zero-order chi connectivity index (χ0) is 14.8. The van der Waals surface area contributed by atoms with Crippen LogP contribution in [-0.2, 0) is 0 Å². The van der Waals surface area contributed by atoms with E-state index in [4.69, 9.17) is 29.0 Å². The Hall–Kier alpha value is -1.58. The predicted octanol–water partition coefficient (Wildman–Crippen LogP) is 4.70. The van der Waals surface area contributed by atoms with Gasteiger partial charge in [-0.1, -0.05) is 71.7 Å². The first-order chi connectivity index (χ1) is 10.2. The molecule has 3 N–H and O–H groups in total. The minimum Gasteiger partial charge on any atom is -0.271 e. The molecule has 0 aliphatic rings. The van der Waals surface area contributed by atoms with E-state index in [1.807, 2.05) is 30.3 Å². The molecule has 2 nitrogen and oxygen atoms in total. The van der Waals surface area contributed by atoms with Crippen molar-refractivity contribution in [1.82, 2.24) is 5.43 Å². The van der Waals surface area contributed by atoms with E-state index in [1.54, 1.807) is 6.07 Å². The molecular formula is C17H14Cl2N2. The van der Waals surface area contributed by atoms with E-state index in [-0.39, 0.29) is 6.04 Å². The molecule has 0 radical (unpaired) electrons. The van der Waals surface area contributed by atoms with Gasteiger partial charge in [-0.15, -0.1) is 0 Å². The molecule has 0 saturated heterocycles. The van der Waals surface area contributed by atoms with Gasteiger partial charge in [0.15, 0.2) is 0 Å². The van der Waals surface area contributed by atoms with Crippen LogP contribution in [0.4, 0.5) is 0 Å². The molecule has 3 aromatic carbocycles. The van der Waals surface area contributed by atoms with Crippen LogP contribution in [0.25, 0.3) is 10.8 Å². The fourth-order valence-corrected chi connectivity index (χ4v) is 2.91. The maximum atomic E-state index is 6.31. The second-order valence-electron chi connectivity index (χ2n) is 4.85. The first-order valence-corrected chi connectivity index (χ1v) is 7.35. The molecule has 106 valence electrons. The molecule has 0 aliphatic carbocycles. The van der Waals surface area contributed by atoms with Crippen molar-refractivity contribution in [2.24, 2.45) is 5.84 Å². The van der Waals surface area contributed by atoms with Crippen LogP contribution in [0.5, 0.6) is 0 Å². The lowest BCUT2D eigenvalue weighted by Crippen LogP contribution is -2.29. The van der Waals surface area contributed by atoms with Gasteiger partial charge in [0.25, 0.3) is 0 Å². The van der Waals surface area contributed by atoms with Crippen LogP contribution in [-0.4, -0.2) is 0 Å². The van der Waals surface area contributed by atoms with Crippen LogP contribution in [0.1, 0.15) is 17.2 Å². The van der Waals surface area contributed by atoms with Gasteiger partial charge in [-0.25, -0.2) is 5.43 Å². The molecule has 1 atom stereocenters. The smallest absolute Gasteiger partial charge is 0.0725 e. The first kappa shape index (κ1) is 14.4. The van der Waals surface area contributed by atoms with Crippen LogP contribution in [0, 0.1) is 0 Å². The summed E-state index contributed by atoms with van der Waals surface area (Å²) in [6, 6.07) is 19.8. The van der Waals surface area contributed by atoms with Crippen LogP contribution in [0.2, 0.25) is 10.0 Å². The number of hydrazine groups is 1. The number of nitrogens with two attached hydrogens (primary N) is 1. The van der Waals surface area contributed by atoms with Crippen LogP contribution >= 0.6 is 23.2 Å². The van der Waals surface area contributed by atoms with Gasteiger partial charge in [0.2, 0.25) is 0 Å². The monoisotopic (exact) mass is 316 g/mol. The highest BCUT2D eigenvalue weighted by molar-refractivity contribution is 6.42. The van der Waals surface area contributed by atoms with Crippen molar-refractivity contribution in [3.8, 4) is 0 Å². The number of nitrogens with one attached hydrogen (secondary N) is 1. The lowest BCUT2D eigenvalue weighted by molar-refractivity contribution is 0.638. The van der Waals surface area contributed by atoms with E-state index < -0.39 is 0 Å². The van der Waals surface area contributed by atoms with Crippen molar-refractivity contribution >= 4 is 34.0 Å². The van der Waals surface area contributed by atoms with Crippen LogP contribution in [0.15, 0.2) is 60.7 Å². The largest absolute Gasteiger partial charge is 0.271 e. The SMILES string of the molecule is NNC(c1ccc2ccccc2c1)c1cccc(Cl)c1Cl. The topological polar surface area (TPSA) is 38.0 Å². The quantitative estimate of drug-likeness (QED) is 0.543. The van der Waals surface area contributed by atoms with E-state index in [1.165, 1.54) is 5.39 Å². The Morgan fingerprint density at radius 2 is 1.62 bits per heavy atom. The maximum absolute atomic E-state index is 6.31. The van der Waals surface area contributed by atoms with Crippen molar-refractivity contribution in [3.63, 3.8) is 0 Å². The molecular weight excluding hydrogens is 303 g/mol. The molecule has 0 spiro atoms. The number of rotatable bonds is 3. The number of benzene rings is 3. The Kier molecular flexibility index (Phi) is 4.13. The molecule has 0 aliphatic heterocycles. The van der Waals surface area contributed by atoms with Crippen LogP contribution < -0.4 is 11.3 Å². The Bertz CT molecular complexity index is 787. The second kappa shape index (κ2) is 6.04. The minimum atomic E-state index is -0.208. The molecule has 0 bridgehead atoms. The standard InChI is InChI=1S/C17H14Cl2N2/c18-15-7-3-6-14(16(15)19)17(21-20)13-9-8-11-4-1-2-5-12(11)10-13/h1-10,17,21H,20H2. The van der Waals surface area contributed by atoms with E-state index in [2.05, 4.69) is 29.7 Å². The molecule has 0 fully saturated rings. The Morgan fingerprint density at radius 1 is 0.857 bits per heavy atom. The van der Waals surface area contributed by atoms with Crippen LogP contribution in [0.3, 0.4) is 0 Å². The fourth-order valence-electron chi connectivity index (χ4n) is 2.50. The number of hydrogen-bond donors (Lipinski definition) is 2. The lowest BCUT2D eigenvalue weighted by Gasteiger charge is -2.19. The molecule has 3 rings (SSSR count). The first-order valence-electron chi connectivity index (χ1n) is 6.59. The summed E-state index contributed by atoms with van der Waals surface area (Å²) in [5.41, 5.74) is 4.73. The summed E-state index contributed by atoms with van der Waals surface area (Å²) in [7, 11) is 0. The molecule has 0 aromatic heterocycles. The molecule has 0 amide bonds. The number of halogens is 2. The second-order valence-corrected chi connectivity index (χ2v) is 5.63. The molecule has 0 saturated carbocycles. The highest BCUT2D eigenvalue weighted by atomic mass is 35.5. The van der Waals surface area contributed by atoms with Gasteiger partial charge < -0.3 is 0 Å². The number of fused-ring (bicyclic) bond motifs is 1. The summed E-state index contributed by atoms with van der Waals surface area (Å²) >= 11 is 12.4.